The molecule has 0 saturated carbocycles. The lowest BCUT2D eigenvalue weighted by Crippen LogP contribution is -2.55. The Balaban J connectivity index is 1.25. The zero-order chi connectivity index (χ0) is 27.2. The molecule has 2 heterocycles. The summed E-state index contributed by atoms with van der Waals surface area (Å²) < 4.78 is 45.5. The van der Waals surface area contributed by atoms with Crippen molar-refractivity contribution in [3.63, 3.8) is 0 Å². The Hall–Kier alpha value is -3.60. The first kappa shape index (κ1) is 27.0. The number of fused-ring (bicyclic) bond motifs is 1. The molecule has 1 fully saturated rings. The van der Waals surface area contributed by atoms with E-state index < -0.39 is 16.1 Å². The third-order valence-electron chi connectivity index (χ3n) is 6.85. The van der Waals surface area contributed by atoms with Crippen LogP contribution in [0.5, 0.6) is 17.2 Å². The molecule has 10 heteroatoms. The SMILES string of the molecule is CCOc1ccc(S(=O)(=O)NC(Cc2ccccc2)C(=O)N2CCN(Cc3ccc4c(c3)OCO4)CC2)cc1. The summed E-state index contributed by atoms with van der Waals surface area (Å²) in [5.41, 5.74) is 2.00. The summed E-state index contributed by atoms with van der Waals surface area (Å²) in [6.07, 6.45) is 0.257. The molecule has 1 amide bonds. The molecule has 206 valence electrons. The summed E-state index contributed by atoms with van der Waals surface area (Å²) in [6.45, 7) is 5.72. The molecule has 0 radical (unpaired) electrons. The zero-order valence-corrected chi connectivity index (χ0v) is 22.7. The highest BCUT2D eigenvalue weighted by Crippen LogP contribution is 2.33. The lowest BCUT2D eigenvalue weighted by molar-refractivity contribution is -0.134. The minimum Gasteiger partial charge on any atom is -0.494 e. The number of amides is 1. The normalized spacial score (nSPS) is 16.2. The predicted molar refractivity (Wildman–Crippen MR) is 146 cm³/mol. The van der Waals surface area contributed by atoms with Gasteiger partial charge >= 0.3 is 0 Å². The predicted octanol–water partition coefficient (Wildman–Crippen LogP) is 3.05. The molecule has 39 heavy (non-hydrogen) atoms. The maximum absolute atomic E-state index is 13.7. The molecule has 0 bridgehead atoms. The van der Waals surface area contributed by atoms with E-state index >= 15 is 0 Å². The monoisotopic (exact) mass is 551 g/mol. The van der Waals surface area contributed by atoms with E-state index in [0.717, 1.165) is 29.2 Å². The highest BCUT2D eigenvalue weighted by atomic mass is 32.2. The Morgan fingerprint density at radius 1 is 0.923 bits per heavy atom. The van der Waals surface area contributed by atoms with Gasteiger partial charge in [0.2, 0.25) is 22.7 Å². The topological polar surface area (TPSA) is 97.4 Å². The van der Waals surface area contributed by atoms with Gasteiger partial charge in [0, 0.05) is 32.7 Å². The molecule has 2 aliphatic heterocycles. The van der Waals surface area contributed by atoms with Crippen LogP contribution in [-0.2, 0) is 27.8 Å². The molecule has 0 spiro atoms. The summed E-state index contributed by atoms with van der Waals surface area (Å²) in [5, 5.41) is 0. The van der Waals surface area contributed by atoms with Crippen LogP contribution in [0.4, 0.5) is 0 Å². The molecule has 1 N–H and O–H groups in total. The summed E-state index contributed by atoms with van der Waals surface area (Å²) in [4.78, 5) is 17.8. The van der Waals surface area contributed by atoms with Gasteiger partial charge in [0.15, 0.2) is 11.5 Å². The molecule has 1 unspecified atom stereocenters. The van der Waals surface area contributed by atoms with Gasteiger partial charge in [-0.05, 0) is 60.9 Å². The van der Waals surface area contributed by atoms with Gasteiger partial charge in [0.1, 0.15) is 11.8 Å². The molecule has 5 rings (SSSR count). The van der Waals surface area contributed by atoms with Gasteiger partial charge in [-0.3, -0.25) is 9.69 Å². The van der Waals surface area contributed by atoms with Crippen LogP contribution in [0.15, 0.2) is 77.7 Å². The second-order valence-electron chi connectivity index (χ2n) is 9.56. The van der Waals surface area contributed by atoms with E-state index in [0.29, 0.717) is 38.5 Å². The van der Waals surface area contributed by atoms with Crippen LogP contribution in [0.1, 0.15) is 18.1 Å². The van der Waals surface area contributed by atoms with Gasteiger partial charge in [-0.1, -0.05) is 36.4 Å². The van der Waals surface area contributed by atoms with Crippen LogP contribution in [0.25, 0.3) is 0 Å². The Kier molecular flexibility index (Phi) is 8.35. The smallest absolute Gasteiger partial charge is 0.241 e. The fourth-order valence-corrected chi connectivity index (χ4v) is 6.00. The number of hydrogen-bond acceptors (Lipinski definition) is 7. The molecule has 9 nitrogen and oxygen atoms in total. The maximum atomic E-state index is 13.7. The van der Waals surface area contributed by atoms with Crippen LogP contribution in [-0.4, -0.2) is 69.7 Å². The summed E-state index contributed by atoms with van der Waals surface area (Å²) in [6, 6.07) is 20.7. The average Bonchev–Trinajstić information content (AvgIpc) is 3.42. The fourth-order valence-electron chi connectivity index (χ4n) is 4.81. The van der Waals surface area contributed by atoms with Crippen molar-refractivity contribution < 1.29 is 27.4 Å². The summed E-state index contributed by atoms with van der Waals surface area (Å²) >= 11 is 0. The van der Waals surface area contributed by atoms with Crippen molar-refractivity contribution in [3.8, 4) is 17.2 Å². The van der Waals surface area contributed by atoms with E-state index in [1.807, 2.05) is 55.5 Å². The van der Waals surface area contributed by atoms with Crippen molar-refractivity contribution in [2.75, 3.05) is 39.6 Å². The fraction of sp³-hybridized carbons (Fsp3) is 0.345. The number of sulfonamides is 1. The number of carbonyl (C=O) groups excluding carboxylic acids is 1. The van der Waals surface area contributed by atoms with E-state index in [2.05, 4.69) is 9.62 Å². The molecule has 1 saturated heterocycles. The number of piperazine rings is 1. The lowest BCUT2D eigenvalue weighted by Gasteiger charge is -2.36. The van der Waals surface area contributed by atoms with E-state index in [1.165, 1.54) is 12.1 Å². The van der Waals surface area contributed by atoms with Gasteiger partial charge in [0.25, 0.3) is 0 Å². The Labute approximate surface area is 229 Å². The summed E-state index contributed by atoms with van der Waals surface area (Å²) in [7, 11) is -3.94. The standard InChI is InChI=1S/C29H33N3O6S/c1-2-36-24-9-11-25(12-10-24)39(34,35)30-26(18-22-6-4-3-5-7-22)29(33)32-16-14-31(15-17-32)20-23-8-13-27-28(19-23)38-21-37-27/h3-13,19,26,30H,2,14-18,20-21H2,1H3. The van der Waals surface area contributed by atoms with Crippen molar-refractivity contribution in [2.24, 2.45) is 0 Å². The molecule has 3 aromatic rings. The van der Waals surface area contributed by atoms with E-state index in [4.69, 9.17) is 14.2 Å². The van der Waals surface area contributed by atoms with Gasteiger partial charge in [-0.2, -0.15) is 4.72 Å². The average molecular weight is 552 g/mol. The summed E-state index contributed by atoms with van der Waals surface area (Å²) in [5.74, 6) is 1.87. The molecular formula is C29H33N3O6S. The van der Waals surface area contributed by atoms with Crippen molar-refractivity contribution >= 4 is 15.9 Å². The van der Waals surface area contributed by atoms with Crippen LogP contribution in [0.2, 0.25) is 0 Å². The van der Waals surface area contributed by atoms with Gasteiger partial charge < -0.3 is 19.1 Å². The van der Waals surface area contributed by atoms with Crippen molar-refractivity contribution in [1.29, 1.82) is 0 Å². The highest BCUT2D eigenvalue weighted by Gasteiger charge is 2.31. The third-order valence-corrected chi connectivity index (χ3v) is 8.34. The van der Waals surface area contributed by atoms with Gasteiger partial charge in [0.05, 0.1) is 11.5 Å². The first-order chi connectivity index (χ1) is 18.9. The van der Waals surface area contributed by atoms with Crippen LogP contribution >= 0.6 is 0 Å². The largest absolute Gasteiger partial charge is 0.494 e. The maximum Gasteiger partial charge on any atom is 0.241 e. The lowest BCUT2D eigenvalue weighted by atomic mass is 10.1. The quantitative estimate of drug-likeness (QED) is 0.414. The number of carbonyl (C=O) groups is 1. The van der Waals surface area contributed by atoms with Gasteiger partial charge in [-0.15, -0.1) is 0 Å². The van der Waals surface area contributed by atoms with Crippen molar-refractivity contribution in [3.05, 3.63) is 83.9 Å². The van der Waals surface area contributed by atoms with E-state index in [1.54, 1.807) is 17.0 Å². The Morgan fingerprint density at radius 3 is 2.36 bits per heavy atom. The van der Waals surface area contributed by atoms with E-state index in [9.17, 15) is 13.2 Å². The Bertz CT molecular complexity index is 1370. The minimum absolute atomic E-state index is 0.0883. The molecule has 2 aliphatic rings. The van der Waals surface area contributed by atoms with Crippen LogP contribution < -0.4 is 18.9 Å². The molecule has 1 atom stereocenters. The minimum atomic E-state index is -3.94. The number of nitrogens with one attached hydrogen (secondary N) is 1. The second-order valence-corrected chi connectivity index (χ2v) is 11.3. The third kappa shape index (κ3) is 6.70. The molecular weight excluding hydrogens is 518 g/mol. The number of benzene rings is 3. The Morgan fingerprint density at radius 2 is 1.64 bits per heavy atom. The highest BCUT2D eigenvalue weighted by molar-refractivity contribution is 7.89. The van der Waals surface area contributed by atoms with E-state index in [-0.39, 0.29) is 24.0 Å². The van der Waals surface area contributed by atoms with Gasteiger partial charge in [-0.25, -0.2) is 8.42 Å². The zero-order valence-electron chi connectivity index (χ0n) is 21.9. The second kappa shape index (κ2) is 12.1. The number of nitrogens with zero attached hydrogens (tertiary/aromatic N) is 2. The molecule has 0 aromatic heterocycles. The molecule has 0 aliphatic carbocycles. The first-order valence-corrected chi connectivity index (χ1v) is 14.6. The van der Waals surface area contributed by atoms with Crippen molar-refractivity contribution in [1.82, 2.24) is 14.5 Å². The first-order valence-electron chi connectivity index (χ1n) is 13.1. The number of hydrogen-bond donors (Lipinski definition) is 1. The number of rotatable bonds is 10. The number of ether oxygens (including phenoxy) is 3. The molecule has 3 aromatic carbocycles. The van der Waals surface area contributed by atoms with Crippen LogP contribution in [0.3, 0.4) is 0 Å². The van der Waals surface area contributed by atoms with Crippen molar-refractivity contribution in [2.45, 2.75) is 30.8 Å². The van der Waals surface area contributed by atoms with Crippen LogP contribution in [0, 0.1) is 0 Å².